The van der Waals surface area contributed by atoms with Gasteiger partial charge in [0.15, 0.2) is 11.4 Å². The molecule has 2 aromatic heterocycles. The van der Waals surface area contributed by atoms with Gasteiger partial charge in [-0.25, -0.2) is 9.78 Å². The Labute approximate surface area is 214 Å². The maximum atomic E-state index is 12.9. The highest BCUT2D eigenvalue weighted by molar-refractivity contribution is 7.09. The van der Waals surface area contributed by atoms with Gasteiger partial charge in [-0.3, -0.25) is 9.48 Å². The fraction of sp³-hybridized carbons (Fsp3) is 0.308. The second-order valence-corrected chi connectivity index (χ2v) is 9.81. The predicted molar refractivity (Wildman–Crippen MR) is 132 cm³/mol. The first kappa shape index (κ1) is 24.9. The van der Waals surface area contributed by atoms with E-state index in [1.165, 1.54) is 18.3 Å². The number of fused-ring (bicyclic) bond motifs is 1. The molecule has 192 valence electrons. The Morgan fingerprint density at radius 3 is 2.57 bits per heavy atom. The number of benzene rings is 2. The molecule has 1 saturated heterocycles. The lowest BCUT2D eigenvalue weighted by molar-refractivity contribution is -0.142. The highest BCUT2D eigenvalue weighted by Crippen LogP contribution is 2.32. The molecule has 37 heavy (non-hydrogen) atoms. The number of esters is 1. The Kier molecular flexibility index (Phi) is 6.72. The molecule has 1 aliphatic rings. The van der Waals surface area contributed by atoms with E-state index in [-0.39, 0.29) is 29.8 Å². The zero-order valence-electron chi connectivity index (χ0n) is 19.9. The Hall–Kier alpha value is -3.73. The molecule has 0 saturated carbocycles. The number of piperidine rings is 1. The molecule has 11 heteroatoms. The molecule has 1 fully saturated rings. The van der Waals surface area contributed by atoms with Crippen LogP contribution in [0, 0.1) is 6.92 Å². The third-order valence-corrected chi connectivity index (χ3v) is 7.44. The zero-order valence-corrected chi connectivity index (χ0v) is 20.7. The molecule has 0 unspecified atom stereocenters. The number of alkyl halides is 3. The van der Waals surface area contributed by atoms with Crippen LogP contribution in [0.25, 0.3) is 10.8 Å². The fourth-order valence-electron chi connectivity index (χ4n) is 4.42. The van der Waals surface area contributed by atoms with Crippen molar-refractivity contribution in [1.29, 1.82) is 0 Å². The number of amides is 1. The maximum absolute atomic E-state index is 12.9. The molecular formula is C26H23F3N4O3S. The Morgan fingerprint density at radius 1 is 1.11 bits per heavy atom. The van der Waals surface area contributed by atoms with E-state index in [2.05, 4.69) is 10.1 Å². The van der Waals surface area contributed by atoms with Crippen molar-refractivity contribution in [3.8, 4) is 5.75 Å². The second-order valence-electron chi connectivity index (χ2n) is 8.92. The lowest BCUT2D eigenvalue weighted by Crippen LogP contribution is -2.40. The van der Waals surface area contributed by atoms with Crippen molar-refractivity contribution in [2.75, 3.05) is 13.1 Å². The number of halogens is 3. The average Bonchev–Trinajstić information content (AvgIpc) is 3.52. The van der Waals surface area contributed by atoms with Crippen molar-refractivity contribution >= 4 is 34.0 Å². The first-order chi connectivity index (χ1) is 17.7. The van der Waals surface area contributed by atoms with Crippen LogP contribution < -0.4 is 4.74 Å². The number of nitrogens with zero attached hydrogens (tertiary/aromatic N) is 4. The van der Waals surface area contributed by atoms with Crippen LogP contribution in [-0.2, 0) is 17.5 Å². The summed E-state index contributed by atoms with van der Waals surface area (Å²) in [6.07, 6.45) is -3.27. The van der Waals surface area contributed by atoms with E-state index in [9.17, 15) is 22.8 Å². The van der Waals surface area contributed by atoms with Crippen LogP contribution >= 0.6 is 11.3 Å². The highest BCUT2D eigenvalue weighted by Gasteiger charge is 2.35. The Morgan fingerprint density at radius 2 is 1.84 bits per heavy atom. The monoisotopic (exact) mass is 528 g/mol. The predicted octanol–water partition coefficient (Wildman–Crippen LogP) is 5.45. The lowest BCUT2D eigenvalue weighted by Gasteiger charge is -2.31. The van der Waals surface area contributed by atoms with Gasteiger partial charge in [-0.1, -0.05) is 36.4 Å². The van der Waals surface area contributed by atoms with Crippen LogP contribution in [0.3, 0.4) is 0 Å². The smallest absolute Gasteiger partial charge is 0.421 e. The summed E-state index contributed by atoms with van der Waals surface area (Å²) in [6.45, 7) is 2.15. The number of aromatic nitrogens is 3. The summed E-state index contributed by atoms with van der Waals surface area (Å²) < 4.78 is 45.4. The third-order valence-electron chi connectivity index (χ3n) is 6.44. The van der Waals surface area contributed by atoms with Gasteiger partial charge in [0.1, 0.15) is 12.3 Å². The Bertz CT molecular complexity index is 1450. The SMILES string of the molecule is Cc1cc(C(F)(F)F)nn1CC(=O)N1CCC(c2nc(C(=O)Oc3cccc4ccccc34)cs2)CC1. The van der Waals surface area contributed by atoms with Gasteiger partial charge in [-0.15, -0.1) is 11.3 Å². The van der Waals surface area contributed by atoms with Gasteiger partial charge in [0.05, 0.1) is 5.01 Å². The van der Waals surface area contributed by atoms with Gasteiger partial charge in [-0.05, 0) is 37.3 Å². The number of thiazole rings is 1. The van der Waals surface area contributed by atoms with Gasteiger partial charge >= 0.3 is 12.1 Å². The van der Waals surface area contributed by atoms with Crippen LogP contribution in [0.1, 0.15) is 45.6 Å². The van der Waals surface area contributed by atoms with E-state index >= 15 is 0 Å². The molecule has 0 spiro atoms. The van der Waals surface area contributed by atoms with Gasteiger partial charge in [0, 0.05) is 35.5 Å². The second kappa shape index (κ2) is 9.97. The summed E-state index contributed by atoms with van der Waals surface area (Å²) in [7, 11) is 0. The van der Waals surface area contributed by atoms with Crippen molar-refractivity contribution < 1.29 is 27.5 Å². The summed E-state index contributed by atoms with van der Waals surface area (Å²) in [4.78, 5) is 31.6. The van der Waals surface area contributed by atoms with Crippen molar-refractivity contribution in [3.63, 3.8) is 0 Å². The van der Waals surface area contributed by atoms with Crippen molar-refractivity contribution in [2.45, 2.75) is 38.4 Å². The van der Waals surface area contributed by atoms with E-state index in [0.717, 1.165) is 26.5 Å². The molecule has 7 nitrogen and oxygen atoms in total. The molecule has 0 radical (unpaired) electrons. The number of rotatable bonds is 5. The molecule has 3 heterocycles. The molecule has 0 bridgehead atoms. The van der Waals surface area contributed by atoms with E-state index in [1.54, 1.807) is 16.3 Å². The summed E-state index contributed by atoms with van der Waals surface area (Å²) in [5.74, 6) is -0.258. The maximum Gasteiger partial charge on any atom is 0.435 e. The van der Waals surface area contributed by atoms with Gasteiger partial charge in [-0.2, -0.15) is 18.3 Å². The van der Waals surface area contributed by atoms with E-state index in [1.807, 2.05) is 36.4 Å². The molecule has 5 rings (SSSR count). The van der Waals surface area contributed by atoms with E-state index < -0.39 is 17.8 Å². The standard InChI is InChI=1S/C26H23F3N4O3S/c1-16-13-22(26(27,28)29)31-33(16)14-23(34)32-11-9-18(10-12-32)24-30-20(15-37-24)25(35)36-21-8-4-6-17-5-2-3-7-19(17)21/h2-8,13,15,18H,9-12,14H2,1H3. The molecule has 2 aromatic carbocycles. The van der Waals surface area contributed by atoms with Gasteiger partial charge < -0.3 is 9.64 Å². The van der Waals surface area contributed by atoms with Gasteiger partial charge in [0.2, 0.25) is 5.91 Å². The molecule has 0 N–H and O–H groups in total. The van der Waals surface area contributed by atoms with Crippen LogP contribution in [-0.4, -0.2) is 44.6 Å². The quantitative estimate of drug-likeness (QED) is 0.255. The van der Waals surface area contributed by atoms with Crippen molar-refractivity contribution in [1.82, 2.24) is 19.7 Å². The van der Waals surface area contributed by atoms with E-state index in [4.69, 9.17) is 4.74 Å². The average molecular weight is 529 g/mol. The van der Waals surface area contributed by atoms with Crippen LogP contribution in [0.15, 0.2) is 53.9 Å². The molecule has 0 atom stereocenters. The number of hydrogen-bond donors (Lipinski definition) is 0. The first-order valence-corrected chi connectivity index (χ1v) is 12.6. The van der Waals surface area contributed by atoms with Crippen LogP contribution in [0.2, 0.25) is 0 Å². The van der Waals surface area contributed by atoms with Crippen molar-refractivity contribution in [2.24, 2.45) is 0 Å². The molecule has 4 aromatic rings. The molecular weight excluding hydrogens is 505 g/mol. The normalized spacial score (nSPS) is 14.8. The number of carbonyl (C=O) groups is 2. The molecule has 1 aliphatic heterocycles. The third kappa shape index (κ3) is 5.36. The van der Waals surface area contributed by atoms with Crippen LogP contribution in [0.5, 0.6) is 5.75 Å². The van der Waals surface area contributed by atoms with Gasteiger partial charge in [0.25, 0.3) is 0 Å². The van der Waals surface area contributed by atoms with Crippen LogP contribution in [0.4, 0.5) is 13.2 Å². The molecule has 1 amide bonds. The fourth-order valence-corrected chi connectivity index (χ4v) is 5.38. The number of likely N-dealkylation sites (tertiary alicyclic amines) is 1. The first-order valence-electron chi connectivity index (χ1n) is 11.7. The zero-order chi connectivity index (χ0) is 26.2. The number of aryl methyl sites for hydroxylation is 1. The lowest BCUT2D eigenvalue weighted by atomic mass is 9.97. The topological polar surface area (TPSA) is 77.3 Å². The molecule has 0 aliphatic carbocycles. The summed E-state index contributed by atoms with van der Waals surface area (Å²) in [5.41, 5.74) is -0.489. The summed E-state index contributed by atoms with van der Waals surface area (Å²) in [5, 5.41) is 7.82. The number of hydrogen-bond acceptors (Lipinski definition) is 6. The Balaban J connectivity index is 1.18. The number of ether oxygens (including phenoxy) is 1. The van der Waals surface area contributed by atoms with Crippen molar-refractivity contribution in [3.05, 3.63) is 76.0 Å². The minimum atomic E-state index is -4.55. The largest absolute Gasteiger partial charge is 0.435 e. The number of carbonyl (C=O) groups excluding carboxylic acids is 2. The summed E-state index contributed by atoms with van der Waals surface area (Å²) >= 11 is 1.38. The summed E-state index contributed by atoms with van der Waals surface area (Å²) in [6, 6.07) is 14.1. The highest BCUT2D eigenvalue weighted by atomic mass is 32.1. The minimum absolute atomic E-state index is 0.0800. The van der Waals surface area contributed by atoms with E-state index in [0.29, 0.717) is 31.7 Å². The minimum Gasteiger partial charge on any atom is -0.421 e.